The van der Waals surface area contributed by atoms with Crippen molar-refractivity contribution in [3.05, 3.63) is 23.2 Å². The van der Waals surface area contributed by atoms with Crippen molar-refractivity contribution in [3.8, 4) is 0 Å². The van der Waals surface area contributed by atoms with Crippen LogP contribution in [0.15, 0.2) is 12.4 Å². The van der Waals surface area contributed by atoms with Crippen LogP contribution in [0.3, 0.4) is 0 Å². The summed E-state index contributed by atoms with van der Waals surface area (Å²) in [6, 6.07) is 0. The van der Waals surface area contributed by atoms with Gasteiger partial charge in [-0.3, -0.25) is 4.98 Å². The van der Waals surface area contributed by atoms with Gasteiger partial charge in [-0.15, -0.1) is 5.10 Å². The maximum absolute atomic E-state index is 11.2. The van der Waals surface area contributed by atoms with Gasteiger partial charge in [0.05, 0.1) is 19.5 Å². The van der Waals surface area contributed by atoms with Crippen molar-refractivity contribution in [3.63, 3.8) is 0 Å². The quantitative estimate of drug-likeness (QED) is 0.647. The molecule has 2 heterocycles. The van der Waals surface area contributed by atoms with Gasteiger partial charge in [-0.2, -0.15) is 4.52 Å². The van der Waals surface area contributed by atoms with Crippen molar-refractivity contribution < 1.29 is 9.53 Å². The summed E-state index contributed by atoms with van der Waals surface area (Å²) in [5, 5.41) is 7.60. The third-order valence-electron chi connectivity index (χ3n) is 1.66. The van der Waals surface area contributed by atoms with Gasteiger partial charge in [0.25, 0.3) is 0 Å². The van der Waals surface area contributed by atoms with Crippen molar-refractivity contribution in [2.24, 2.45) is 0 Å². The minimum atomic E-state index is -0.566. The Morgan fingerprint density at radius 1 is 1.57 bits per heavy atom. The maximum Gasteiger partial charge on any atom is 0.360 e. The van der Waals surface area contributed by atoms with Gasteiger partial charge in [0.2, 0.25) is 0 Å². The second-order valence-electron chi connectivity index (χ2n) is 2.46. The molecule has 0 atom stereocenters. The number of hydrogen-bond donors (Lipinski definition) is 0. The first-order valence-electron chi connectivity index (χ1n) is 3.67. The molecule has 0 aliphatic carbocycles. The van der Waals surface area contributed by atoms with Crippen LogP contribution < -0.4 is 0 Å². The fourth-order valence-electron chi connectivity index (χ4n) is 1.03. The van der Waals surface area contributed by atoms with E-state index in [0.29, 0.717) is 5.52 Å². The monoisotopic (exact) mass is 212 g/mol. The molecule has 0 saturated heterocycles. The number of halogens is 1. The van der Waals surface area contributed by atoms with Crippen LogP contribution in [0.4, 0.5) is 0 Å². The Bertz CT molecular complexity index is 495. The topological polar surface area (TPSA) is 69.4 Å². The molecule has 2 aromatic heterocycles. The van der Waals surface area contributed by atoms with E-state index >= 15 is 0 Å². The summed E-state index contributed by atoms with van der Waals surface area (Å²) < 4.78 is 5.82. The fraction of sp³-hybridized carbons (Fsp3) is 0.143. The zero-order valence-corrected chi connectivity index (χ0v) is 7.89. The molecule has 0 bridgehead atoms. The van der Waals surface area contributed by atoms with E-state index in [-0.39, 0.29) is 10.8 Å². The Labute approximate surface area is 83.5 Å². The molecule has 0 N–H and O–H groups in total. The molecule has 0 unspecified atom stereocenters. The lowest BCUT2D eigenvalue weighted by Crippen LogP contribution is -2.02. The Balaban J connectivity index is 2.70. The molecule has 0 amide bonds. The molecule has 2 aromatic rings. The summed E-state index contributed by atoms with van der Waals surface area (Å²) in [4.78, 5) is 15.0. The van der Waals surface area contributed by atoms with E-state index in [1.54, 1.807) is 0 Å². The highest BCUT2D eigenvalue weighted by Crippen LogP contribution is 2.12. The summed E-state index contributed by atoms with van der Waals surface area (Å²) in [6.45, 7) is 0. The van der Waals surface area contributed by atoms with Gasteiger partial charge in [-0.05, 0) is 0 Å². The van der Waals surface area contributed by atoms with E-state index in [0.717, 1.165) is 0 Å². The van der Waals surface area contributed by atoms with Gasteiger partial charge < -0.3 is 4.74 Å². The first kappa shape index (κ1) is 8.89. The van der Waals surface area contributed by atoms with Crippen molar-refractivity contribution in [1.29, 1.82) is 0 Å². The molecule has 0 radical (unpaired) electrons. The zero-order valence-electron chi connectivity index (χ0n) is 7.14. The lowest BCUT2D eigenvalue weighted by molar-refractivity contribution is 0.0596. The Morgan fingerprint density at radius 3 is 3.07 bits per heavy atom. The predicted molar refractivity (Wildman–Crippen MR) is 47.1 cm³/mol. The molecule has 0 aliphatic heterocycles. The minimum Gasteiger partial charge on any atom is -0.464 e. The molecule has 6 nitrogen and oxygen atoms in total. The van der Waals surface area contributed by atoms with Gasteiger partial charge in [-0.1, -0.05) is 16.8 Å². The van der Waals surface area contributed by atoms with E-state index in [9.17, 15) is 4.79 Å². The molecule has 0 fully saturated rings. The molecule has 0 aliphatic rings. The van der Waals surface area contributed by atoms with Gasteiger partial charge in [0, 0.05) is 0 Å². The maximum atomic E-state index is 11.2. The van der Waals surface area contributed by atoms with Crippen molar-refractivity contribution >= 4 is 23.1 Å². The smallest absolute Gasteiger partial charge is 0.360 e. The number of fused-ring (bicyclic) bond motifs is 1. The number of ether oxygens (including phenoxy) is 1. The van der Waals surface area contributed by atoms with Crippen LogP contribution in [-0.2, 0) is 4.74 Å². The molecule has 7 heteroatoms. The molecule has 0 spiro atoms. The van der Waals surface area contributed by atoms with Crippen molar-refractivity contribution in [2.75, 3.05) is 7.11 Å². The third kappa shape index (κ3) is 1.20. The average molecular weight is 213 g/mol. The molecule has 2 rings (SSSR count). The third-order valence-corrected chi connectivity index (χ3v) is 1.92. The van der Waals surface area contributed by atoms with Crippen LogP contribution in [-0.4, -0.2) is 32.9 Å². The number of aromatic nitrogens is 4. The molecular weight excluding hydrogens is 208 g/mol. The lowest BCUT2D eigenvalue weighted by atomic mass is 10.4. The van der Waals surface area contributed by atoms with E-state index in [4.69, 9.17) is 11.6 Å². The summed E-state index contributed by atoms with van der Waals surface area (Å²) in [5.74, 6) is -0.566. The predicted octanol–water partition coefficient (Wildman–Crippen LogP) is 0.564. The van der Waals surface area contributed by atoms with E-state index in [2.05, 4.69) is 20.0 Å². The minimum absolute atomic E-state index is 0.0995. The van der Waals surface area contributed by atoms with Crippen LogP contribution in [0.25, 0.3) is 5.52 Å². The largest absolute Gasteiger partial charge is 0.464 e. The molecule has 14 heavy (non-hydrogen) atoms. The number of hydrogen-bond acceptors (Lipinski definition) is 5. The van der Waals surface area contributed by atoms with Gasteiger partial charge >= 0.3 is 5.97 Å². The zero-order chi connectivity index (χ0) is 10.1. The van der Waals surface area contributed by atoms with Crippen LogP contribution >= 0.6 is 11.6 Å². The number of nitrogens with zero attached hydrogens (tertiary/aromatic N) is 4. The standard InChI is InChI=1S/C7H5ClN4O2/c1-14-7(13)6-4-2-9-3-5(8)12(4)11-10-6/h2-3H,1H3. The average Bonchev–Trinajstić information content (AvgIpc) is 2.62. The number of rotatable bonds is 1. The fourth-order valence-corrected chi connectivity index (χ4v) is 1.21. The number of carbonyl (C=O) groups excluding carboxylic acids is 1. The molecule has 0 saturated carbocycles. The second-order valence-corrected chi connectivity index (χ2v) is 2.84. The summed E-state index contributed by atoms with van der Waals surface area (Å²) in [6.07, 6.45) is 2.85. The Morgan fingerprint density at radius 2 is 2.36 bits per heavy atom. The molecular formula is C7H5ClN4O2. The Hall–Kier alpha value is -1.69. The highest BCUT2D eigenvalue weighted by Gasteiger charge is 2.16. The highest BCUT2D eigenvalue weighted by atomic mass is 35.5. The van der Waals surface area contributed by atoms with Crippen LogP contribution in [0.2, 0.25) is 5.15 Å². The molecule has 0 aromatic carbocycles. The van der Waals surface area contributed by atoms with Crippen LogP contribution in [0, 0.1) is 0 Å². The van der Waals surface area contributed by atoms with Gasteiger partial charge in [0.15, 0.2) is 10.8 Å². The van der Waals surface area contributed by atoms with Crippen molar-refractivity contribution in [2.45, 2.75) is 0 Å². The van der Waals surface area contributed by atoms with E-state index in [1.165, 1.54) is 24.0 Å². The van der Waals surface area contributed by atoms with E-state index in [1.807, 2.05) is 0 Å². The van der Waals surface area contributed by atoms with Gasteiger partial charge in [-0.25, -0.2) is 4.79 Å². The first-order chi connectivity index (χ1) is 6.74. The highest BCUT2D eigenvalue weighted by molar-refractivity contribution is 6.29. The molecule has 72 valence electrons. The first-order valence-corrected chi connectivity index (χ1v) is 4.05. The van der Waals surface area contributed by atoms with Gasteiger partial charge in [0.1, 0.15) is 5.52 Å². The number of methoxy groups -OCH3 is 1. The number of esters is 1. The summed E-state index contributed by atoms with van der Waals surface area (Å²) in [7, 11) is 1.27. The normalized spacial score (nSPS) is 10.4. The SMILES string of the molecule is COC(=O)c1nnn2c(Cl)cncc12. The summed E-state index contributed by atoms with van der Waals surface area (Å²) >= 11 is 5.76. The van der Waals surface area contributed by atoms with Crippen LogP contribution in [0.5, 0.6) is 0 Å². The second kappa shape index (κ2) is 3.22. The number of carbonyl (C=O) groups is 1. The van der Waals surface area contributed by atoms with E-state index < -0.39 is 5.97 Å². The van der Waals surface area contributed by atoms with Crippen molar-refractivity contribution in [1.82, 2.24) is 19.8 Å². The van der Waals surface area contributed by atoms with Crippen LogP contribution in [0.1, 0.15) is 10.5 Å². The Kier molecular flexibility index (Phi) is 2.05. The lowest BCUT2D eigenvalue weighted by Gasteiger charge is -1.95. The summed E-state index contributed by atoms with van der Waals surface area (Å²) in [5.41, 5.74) is 0.520.